The maximum absolute atomic E-state index is 5.38. The summed E-state index contributed by atoms with van der Waals surface area (Å²) in [6.07, 6.45) is 3.85. The standard InChI is InChI=1S/C13H25N3OS/c1-14-13(16-9-12-2-5-17-10-12)15-8-11-3-6-18-7-4-11/h11-12H,2-10H2,1H3,(H2,14,15,16). The number of ether oxygens (including phenoxy) is 1. The van der Waals surface area contributed by atoms with Crippen molar-refractivity contribution in [2.24, 2.45) is 16.8 Å². The normalized spacial score (nSPS) is 26.3. The van der Waals surface area contributed by atoms with Crippen molar-refractivity contribution in [2.75, 3.05) is 44.9 Å². The minimum Gasteiger partial charge on any atom is -0.381 e. The quantitative estimate of drug-likeness (QED) is 0.598. The van der Waals surface area contributed by atoms with Gasteiger partial charge in [-0.05, 0) is 36.7 Å². The van der Waals surface area contributed by atoms with Gasteiger partial charge in [0.1, 0.15) is 0 Å². The van der Waals surface area contributed by atoms with Gasteiger partial charge in [-0.2, -0.15) is 11.8 Å². The van der Waals surface area contributed by atoms with Crippen LogP contribution in [0.3, 0.4) is 0 Å². The molecule has 2 heterocycles. The molecule has 2 rings (SSSR count). The number of aliphatic imine (C=N–C) groups is 1. The predicted octanol–water partition coefficient (Wildman–Crippen LogP) is 1.33. The van der Waals surface area contributed by atoms with Crippen LogP contribution in [0, 0.1) is 11.8 Å². The Balaban J connectivity index is 1.62. The molecule has 0 saturated carbocycles. The van der Waals surface area contributed by atoms with Crippen LogP contribution in [0.1, 0.15) is 19.3 Å². The Hall–Kier alpha value is -0.420. The first-order valence-corrected chi connectivity index (χ1v) is 8.14. The Kier molecular flexibility index (Phi) is 6.14. The van der Waals surface area contributed by atoms with E-state index in [1.807, 2.05) is 7.05 Å². The lowest BCUT2D eigenvalue weighted by Gasteiger charge is -2.23. The SMILES string of the molecule is CN=C(NCC1CCSCC1)NCC1CCOC1. The summed E-state index contributed by atoms with van der Waals surface area (Å²) in [5, 5.41) is 6.86. The van der Waals surface area contributed by atoms with Crippen molar-refractivity contribution in [1.82, 2.24) is 10.6 Å². The van der Waals surface area contributed by atoms with E-state index in [1.165, 1.54) is 30.8 Å². The van der Waals surface area contributed by atoms with Crippen LogP contribution in [0.15, 0.2) is 4.99 Å². The third kappa shape index (κ3) is 4.69. The van der Waals surface area contributed by atoms with Crippen molar-refractivity contribution in [3.63, 3.8) is 0 Å². The number of hydrogen-bond donors (Lipinski definition) is 2. The zero-order chi connectivity index (χ0) is 12.6. The van der Waals surface area contributed by atoms with Crippen molar-refractivity contribution in [3.05, 3.63) is 0 Å². The Morgan fingerprint density at radius 2 is 1.89 bits per heavy atom. The molecular formula is C13H25N3OS. The van der Waals surface area contributed by atoms with Gasteiger partial charge in [-0.25, -0.2) is 0 Å². The molecule has 2 aliphatic rings. The highest BCUT2D eigenvalue weighted by Gasteiger charge is 2.17. The summed E-state index contributed by atoms with van der Waals surface area (Å²) in [6.45, 7) is 3.84. The fourth-order valence-electron chi connectivity index (χ4n) is 2.40. The van der Waals surface area contributed by atoms with Gasteiger partial charge in [-0.15, -0.1) is 0 Å². The molecule has 0 aliphatic carbocycles. The highest BCUT2D eigenvalue weighted by atomic mass is 32.2. The number of hydrogen-bond acceptors (Lipinski definition) is 3. The molecule has 0 aromatic heterocycles. The van der Waals surface area contributed by atoms with E-state index in [0.29, 0.717) is 5.92 Å². The van der Waals surface area contributed by atoms with Gasteiger partial charge in [0.2, 0.25) is 0 Å². The summed E-state index contributed by atoms with van der Waals surface area (Å²) in [5.41, 5.74) is 0. The fourth-order valence-corrected chi connectivity index (χ4v) is 3.60. The second-order valence-electron chi connectivity index (χ2n) is 5.12. The molecule has 2 fully saturated rings. The number of thioether (sulfide) groups is 1. The first kappa shape index (κ1) is 14.0. The average Bonchev–Trinajstić information content (AvgIpc) is 2.93. The van der Waals surface area contributed by atoms with E-state index in [0.717, 1.165) is 38.2 Å². The monoisotopic (exact) mass is 271 g/mol. The lowest BCUT2D eigenvalue weighted by Crippen LogP contribution is -2.42. The molecule has 2 saturated heterocycles. The first-order valence-electron chi connectivity index (χ1n) is 6.98. The summed E-state index contributed by atoms with van der Waals surface area (Å²) in [6, 6.07) is 0. The maximum atomic E-state index is 5.38. The molecule has 0 aromatic carbocycles. The van der Waals surface area contributed by atoms with Crippen LogP contribution in [0.25, 0.3) is 0 Å². The smallest absolute Gasteiger partial charge is 0.190 e. The largest absolute Gasteiger partial charge is 0.381 e. The molecule has 5 heteroatoms. The number of nitrogens with zero attached hydrogens (tertiary/aromatic N) is 1. The van der Waals surface area contributed by atoms with E-state index in [9.17, 15) is 0 Å². The molecule has 0 amide bonds. The van der Waals surface area contributed by atoms with E-state index < -0.39 is 0 Å². The van der Waals surface area contributed by atoms with Gasteiger partial charge in [0.15, 0.2) is 5.96 Å². The molecule has 0 bridgehead atoms. The average molecular weight is 271 g/mol. The van der Waals surface area contributed by atoms with Gasteiger partial charge in [0.25, 0.3) is 0 Å². The zero-order valence-electron chi connectivity index (χ0n) is 11.3. The second kappa shape index (κ2) is 7.89. The van der Waals surface area contributed by atoms with E-state index in [1.54, 1.807) is 0 Å². The van der Waals surface area contributed by atoms with E-state index in [-0.39, 0.29) is 0 Å². The van der Waals surface area contributed by atoms with Gasteiger partial charge < -0.3 is 15.4 Å². The maximum Gasteiger partial charge on any atom is 0.190 e. The van der Waals surface area contributed by atoms with Crippen LogP contribution in [-0.2, 0) is 4.74 Å². The molecule has 104 valence electrons. The zero-order valence-corrected chi connectivity index (χ0v) is 12.1. The van der Waals surface area contributed by atoms with Crippen molar-refractivity contribution in [2.45, 2.75) is 19.3 Å². The topological polar surface area (TPSA) is 45.7 Å². The fraction of sp³-hybridized carbons (Fsp3) is 0.923. The molecule has 1 unspecified atom stereocenters. The Labute approximate surface area is 114 Å². The number of guanidine groups is 1. The van der Waals surface area contributed by atoms with Crippen LogP contribution in [0.2, 0.25) is 0 Å². The third-order valence-corrected chi connectivity index (χ3v) is 4.75. The van der Waals surface area contributed by atoms with E-state index in [2.05, 4.69) is 27.4 Å². The van der Waals surface area contributed by atoms with Crippen LogP contribution in [0.5, 0.6) is 0 Å². The molecule has 2 N–H and O–H groups in total. The molecule has 0 aromatic rings. The van der Waals surface area contributed by atoms with Crippen molar-refractivity contribution < 1.29 is 4.74 Å². The Bertz CT molecular complexity index is 261. The molecule has 2 aliphatic heterocycles. The number of nitrogens with one attached hydrogen (secondary N) is 2. The molecule has 0 radical (unpaired) electrons. The minimum atomic E-state index is 0.648. The summed E-state index contributed by atoms with van der Waals surface area (Å²) >= 11 is 2.08. The van der Waals surface area contributed by atoms with Crippen LogP contribution < -0.4 is 10.6 Å². The van der Waals surface area contributed by atoms with Gasteiger partial charge in [0, 0.05) is 32.7 Å². The van der Waals surface area contributed by atoms with Crippen LogP contribution in [0.4, 0.5) is 0 Å². The molecule has 1 atom stereocenters. The highest BCUT2D eigenvalue weighted by Crippen LogP contribution is 2.21. The highest BCUT2D eigenvalue weighted by molar-refractivity contribution is 7.99. The second-order valence-corrected chi connectivity index (χ2v) is 6.34. The first-order chi connectivity index (χ1) is 8.88. The van der Waals surface area contributed by atoms with Gasteiger partial charge >= 0.3 is 0 Å². The Morgan fingerprint density at radius 3 is 2.50 bits per heavy atom. The number of rotatable bonds is 4. The van der Waals surface area contributed by atoms with Crippen LogP contribution >= 0.6 is 11.8 Å². The van der Waals surface area contributed by atoms with Crippen molar-refractivity contribution in [3.8, 4) is 0 Å². The summed E-state index contributed by atoms with van der Waals surface area (Å²) in [4.78, 5) is 4.28. The predicted molar refractivity (Wildman–Crippen MR) is 78.3 cm³/mol. The lowest BCUT2D eigenvalue weighted by atomic mass is 10.0. The van der Waals surface area contributed by atoms with E-state index >= 15 is 0 Å². The van der Waals surface area contributed by atoms with Crippen molar-refractivity contribution in [1.29, 1.82) is 0 Å². The van der Waals surface area contributed by atoms with Crippen molar-refractivity contribution >= 4 is 17.7 Å². The molecular weight excluding hydrogens is 246 g/mol. The summed E-state index contributed by atoms with van der Waals surface area (Å²) in [7, 11) is 1.84. The lowest BCUT2D eigenvalue weighted by molar-refractivity contribution is 0.186. The summed E-state index contributed by atoms with van der Waals surface area (Å²) in [5.74, 6) is 5.05. The van der Waals surface area contributed by atoms with Gasteiger partial charge in [0.05, 0.1) is 6.61 Å². The molecule has 4 nitrogen and oxygen atoms in total. The Morgan fingerprint density at radius 1 is 1.17 bits per heavy atom. The third-order valence-electron chi connectivity index (χ3n) is 3.70. The van der Waals surface area contributed by atoms with E-state index in [4.69, 9.17) is 4.74 Å². The minimum absolute atomic E-state index is 0.648. The molecule has 18 heavy (non-hydrogen) atoms. The van der Waals surface area contributed by atoms with Crippen LogP contribution in [-0.4, -0.2) is 50.8 Å². The molecule has 0 spiro atoms. The van der Waals surface area contributed by atoms with Gasteiger partial charge in [-0.3, -0.25) is 4.99 Å². The summed E-state index contributed by atoms with van der Waals surface area (Å²) < 4.78 is 5.38. The van der Waals surface area contributed by atoms with Gasteiger partial charge in [-0.1, -0.05) is 0 Å².